The molecule has 0 saturated carbocycles. The number of carbonyl (C=O) groups excluding carboxylic acids is 1. The third-order valence-electron chi connectivity index (χ3n) is 4.73. The number of carbonyl (C=O) groups is 1. The molecular weight excluding hydrogens is 432 g/mol. The Balaban J connectivity index is 1.63. The molecule has 0 spiro atoms. The van der Waals surface area contributed by atoms with E-state index in [1.54, 1.807) is 24.3 Å². The molecule has 3 aromatic rings. The van der Waals surface area contributed by atoms with E-state index in [0.29, 0.717) is 22.1 Å². The first-order valence-corrected chi connectivity index (χ1v) is 12.7. The van der Waals surface area contributed by atoms with Gasteiger partial charge in [-0.25, -0.2) is 13.4 Å². The highest BCUT2D eigenvalue weighted by Crippen LogP contribution is 2.26. The number of aromatic nitrogens is 1. The molecule has 0 aliphatic heterocycles. The van der Waals surface area contributed by atoms with E-state index in [2.05, 4.69) is 33.8 Å². The van der Waals surface area contributed by atoms with Gasteiger partial charge in [0.1, 0.15) is 0 Å². The van der Waals surface area contributed by atoms with Gasteiger partial charge in [0.15, 0.2) is 5.13 Å². The molecule has 0 bridgehead atoms. The van der Waals surface area contributed by atoms with Crippen molar-refractivity contribution >= 4 is 38.1 Å². The third-order valence-corrected chi connectivity index (χ3v) is 6.09. The number of nitrogens with zero attached hydrogens (tertiary/aromatic N) is 2. The Morgan fingerprint density at radius 1 is 1.03 bits per heavy atom. The summed E-state index contributed by atoms with van der Waals surface area (Å²) in [5.41, 5.74) is 3.78. The fourth-order valence-electron chi connectivity index (χ4n) is 3.02. The van der Waals surface area contributed by atoms with Crippen molar-refractivity contribution in [2.45, 2.75) is 20.4 Å². The van der Waals surface area contributed by atoms with Crippen molar-refractivity contribution in [2.75, 3.05) is 29.4 Å². The van der Waals surface area contributed by atoms with Crippen LogP contribution in [0.3, 0.4) is 0 Å². The number of anilines is 2. The van der Waals surface area contributed by atoms with E-state index < -0.39 is 10.0 Å². The number of amides is 1. The molecule has 9 heteroatoms. The van der Waals surface area contributed by atoms with Crippen molar-refractivity contribution in [3.05, 3.63) is 65.0 Å². The van der Waals surface area contributed by atoms with Gasteiger partial charge in [-0.05, 0) is 42.9 Å². The lowest BCUT2D eigenvalue weighted by atomic mass is 10.1. The average molecular weight is 459 g/mol. The molecule has 0 aliphatic carbocycles. The Hall–Kier alpha value is -2.75. The number of hydrogen-bond acceptors (Lipinski definition) is 6. The first-order chi connectivity index (χ1) is 14.8. The molecule has 31 heavy (non-hydrogen) atoms. The zero-order valence-electron chi connectivity index (χ0n) is 17.8. The van der Waals surface area contributed by atoms with Crippen LogP contribution >= 0.6 is 11.3 Å². The highest BCUT2D eigenvalue weighted by molar-refractivity contribution is 7.92. The first-order valence-electron chi connectivity index (χ1n) is 9.93. The average Bonchev–Trinajstić information content (AvgIpc) is 3.20. The summed E-state index contributed by atoms with van der Waals surface area (Å²) in [4.78, 5) is 19.3. The van der Waals surface area contributed by atoms with Crippen molar-refractivity contribution < 1.29 is 13.2 Å². The van der Waals surface area contributed by atoms with Crippen LogP contribution < -0.4 is 10.0 Å². The minimum atomic E-state index is -3.32. The molecule has 7 nitrogen and oxygen atoms in total. The molecule has 2 aromatic carbocycles. The van der Waals surface area contributed by atoms with Crippen LogP contribution in [0.15, 0.2) is 53.9 Å². The maximum Gasteiger partial charge on any atom is 0.257 e. The first kappa shape index (κ1) is 22.9. The van der Waals surface area contributed by atoms with Crippen LogP contribution in [0, 0.1) is 0 Å². The minimum absolute atomic E-state index is 0.206. The minimum Gasteiger partial charge on any atom is -0.300 e. The predicted molar refractivity (Wildman–Crippen MR) is 127 cm³/mol. The van der Waals surface area contributed by atoms with Gasteiger partial charge in [0.2, 0.25) is 10.0 Å². The van der Waals surface area contributed by atoms with Gasteiger partial charge in [-0.3, -0.25) is 19.7 Å². The van der Waals surface area contributed by atoms with Crippen LogP contribution in [0.4, 0.5) is 10.8 Å². The number of rotatable bonds is 9. The molecule has 1 amide bonds. The fraction of sp³-hybridized carbons (Fsp3) is 0.273. The standard InChI is InChI=1S/C22H26N4O3S2/c1-4-26(5-2)14-16-6-8-18(9-7-16)21(27)24-22-23-20(15-30-22)17-10-12-19(13-11-17)25-31(3,28)29/h6-13,15,25H,4-5,14H2,1-3H3,(H,23,24,27). The molecule has 0 aliphatic rings. The molecule has 3 rings (SSSR count). The van der Waals surface area contributed by atoms with Gasteiger partial charge >= 0.3 is 0 Å². The molecule has 1 aromatic heterocycles. The van der Waals surface area contributed by atoms with Crippen LogP contribution in [-0.2, 0) is 16.6 Å². The Labute approximate surface area is 187 Å². The lowest BCUT2D eigenvalue weighted by Crippen LogP contribution is -2.22. The van der Waals surface area contributed by atoms with Gasteiger partial charge in [-0.1, -0.05) is 38.1 Å². The predicted octanol–water partition coefficient (Wildman–Crippen LogP) is 4.28. The molecule has 164 valence electrons. The molecule has 0 atom stereocenters. The summed E-state index contributed by atoms with van der Waals surface area (Å²) in [5, 5.41) is 5.19. The second kappa shape index (κ2) is 10.0. The summed E-state index contributed by atoms with van der Waals surface area (Å²) >= 11 is 1.34. The molecule has 1 heterocycles. The number of benzene rings is 2. The van der Waals surface area contributed by atoms with Crippen LogP contribution in [0.5, 0.6) is 0 Å². The third kappa shape index (κ3) is 6.61. The summed E-state index contributed by atoms with van der Waals surface area (Å²) < 4.78 is 25.0. The van der Waals surface area contributed by atoms with Gasteiger partial charge in [0.25, 0.3) is 5.91 Å². The van der Waals surface area contributed by atoms with E-state index >= 15 is 0 Å². The van der Waals surface area contributed by atoms with E-state index in [4.69, 9.17) is 0 Å². The Morgan fingerprint density at radius 3 is 2.26 bits per heavy atom. The highest BCUT2D eigenvalue weighted by Gasteiger charge is 2.11. The SMILES string of the molecule is CCN(CC)Cc1ccc(C(=O)Nc2nc(-c3ccc(NS(C)(=O)=O)cc3)cs2)cc1. The zero-order chi connectivity index (χ0) is 22.4. The maximum atomic E-state index is 12.6. The molecule has 0 fully saturated rings. The Bertz CT molecular complexity index is 1120. The van der Waals surface area contributed by atoms with Gasteiger partial charge in [0.05, 0.1) is 11.9 Å². The van der Waals surface area contributed by atoms with Gasteiger partial charge in [-0.2, -0.15) is 0 Å². The zero-order valence-corrected chi connectivity index (χ0v) is 19.4. The van der Waals surface area contributed by atoms with Crippen LogP contribution in [0.1, 0.15) is 29.8 Å². The largest absolute Gasteiger partial charge is 0.300 e. The van der Waals surface area contributed by atoms with Gasteiger partial charge < -0.3 is 0 Å². The fourth-order valence-corrected chi connectivity index (χ4v) is 4.30. The second-order valence-electron chi connectivity index (χ2n) is 7.10. The van der Waals surface area contributed by atoms with E-state index in [9.17, 15) is 13.2 Å². The molecule has 0 radical (unpaired) electrons. The molecule has 0 unspecified atom stereocenters. The van der Waals surface area contributed by atoms with Crippen molar-refractivity contribution in [3.63, 3.8) is 0 Å². The Kier molecular flexibility index (Phi) is 7.42. The lowest BCUT2D eigenvalue weighted by molar-refractivity contribution is 0.102. The summed E-state index contributed by atoms with van der Waals surface area (Å²) in [6.07, 6.45) is 1.11. The van der Waals surface area contributed by atoms with Crippen LogP contribution in [0.25, 0.3) is 11.3 Å². The van der Waals surface area contributed by atoms with E-state index in [-0.39, 0.29) is 5.91 Å². The summed E-state index contributed by atoms with van der Waals surface area (Å²) in [6, 6.07) is 14.5. The maximum absolute atomic E-state index is 12.6. The van der Waals surface area contributed by atoms with E-state index in [1.807, 2.05) is 29.6 Å². The van der Waals surface area contributed by atoms with Gasteiger partial charge in [-0.15, -0.1) is 11.3 Å². The Morgan fingerprint density at radius 2 is 1.68 bits per heavy atom. The highest BCUT2D eigenvalue weighted by atomic mass is 32.2. The second-order valence-corrected chi connectivity index (χ2v) is 9.71. The van der Waals surface area contributed by atoms with Crippen LogP contribution in [0.2, 0.25) is 0 Å². The van der Waals surface area contributed by atoms with E-state index in [1.165, 1.54) is 16.9 Å². The molecule has 2 N–H and O–H groups in total. The summed E-state index contributed by atoms with van der Waals surface area (Å²) in [5.74, 6) is -0.206. The summed E-state index contributed by atoms with van der Waals surface area (Å²) in [6.45, 7) is 7.11. The summed E-state index contributed by atoms with van der Waals surface area (Å²) in [7, 11) is -3.32. The number of nitrogens with one attached hydrogen (secondary N) is 2. The lowest BCUT2D eigenvalue weighted by Gasteiger charge is -2.17. The van der Waals surface area contributed by atoms with Crippen LogP contribution in [-0.4, -0.2) is 43.6 Å². The number of hydrogen-bond donors (Lipinski definition) is 2. The van der Waals surface area contributed by atoms with Crippen molar-refractivity contribution in [2.24, 2.45) is 0 Å². The van der Waals surface area contributed by atoms with Crippen molar-refractivity contribution in [1.29, 1.82) is 0 Å². The number of thiazole rings is 1. The molecule has 0 saturated heterocycles. The van der Waals surface area contributed by atoms with Crippen molar-refractivity contribution in [3.8, 4) is 11.3 Å². The van der Waals surface area contributed by atoms with E-state index in [0.717, 1.165) is 31.5 Å². The molecular formula is C22H26N4O3S2. The van der Waals surface area contributed by atoms with Gasteiger partial charge in [0, 0.05) is 28.7 Å². The quantitative estimate of drug-likeness (QED) is 0.499. The topological polar surface area (TPSA) is 91.4 Å². The monoisotopic (exact) mass is 458 g/mol. The smallest absolute Gasteiger partial charge is 0.257 e. The normalized spacial score (nSPS) is 11.5. The van der Waals surface area contributed by atoms with Crippen molar-refractivity contribution in [1.82, 2.24) is 9.88 Å². The number of sulfonamides is 1.